The third kappa shape index (κ3) is 3.18. The van der Waals surface area contributed by atoms with Gasteiger partial charge in [0.2, 0.25) is 0 Å². The minimum absolute atomic E-state index is 0.380. The third-order valence-electron chi connectivity index (χ3n) is 1.90. The SMILES string of the molecule is CCC(=O)CCCc1ccsc1. The van der Waals surface area contributed by atoms with Crippen LogP contribution < -0.4 is 0 Å². The van der Waals surface area contributed by atoms with Crippen LogP contribution in [0.25, 0.3) is 0 Å². The number of ketones is 1. The number of hydrogen-bond acceptors (Lipinski definition) is 2. The summed E-state index contributed by atoms with van der Waals surface area (Å²) in [6.45, 7) is 1.92. The van der Waals surface area contributed by atoms with Gasteiger partial charge >= 0.3 is 0 Å². The van der Waals surface area contributed by atoms with E-state index >= 15 is 0 Å². The van der Waals surface area contributed by atoms with Crippen LogP contribution in [-0.2, 0) is 11.2 Å². The van der Waals surface area contributed by atoms with Crippen molar-refractivity contribution < 1.29 is 4.79 Å². The molecule has 2 heteroatoms. The van der Waals surface area contributed by atoms with E-state index in [1.807, 2.05) is 6.92 Å². The highest BCUT2D eigenvalue weighted by atomic mass is 32.1. The smallest absolute Gasteiger partial charge is 0.132 e. The minimum atomic E-state index is 0.380. The molecule has 0 N–H and O–H groups in total. The molecular formula is C10H14OS. The van der Waals surface area contributed by atoms with Crippen LogP contribution in [0.15, 0.2) is 16.8 Å². The lowest BCUT2D eigenvalue weighted by Crippen LogP contribution is -1.95. The molecule has 0 radical (unpaired) electrons. The molecule has 0 saturated heterocycles. The van der Waals surface area contributed by atoms with Crippen molar-refractivity contribution in [1.82, 2.24) is 0 Å². The molecule has 0 unspecified atom stereocenters. The molecule has 0 fully saturated rings. The molecule has 0 amide bonds. The van der Waals surface area contributed by atoms with Gasteiger partial charge in [0.1, 0.15) is 5.78 Å². The second-order valence-corrected chi connectivity index (χ2v) is 3.66. The summed E-state index contributed by atoms with van der Waals surface area (Å²) in [4.78, 5) is 10.9. The first-order valence-corrected chi connectivity index (χ1v) is 5.30. The van der Waals surface area contributed by atoms with Crippen LogP contribution in [0.2, 0.25) is 0 Å². The third-order valence-corrected chi connectivity index (χ3v) is 2.63. The van der Waals surface area contributed by atoms with Gasteiger partial charge in [0.25, 0.3) is 0 Å². The van der Waals surface area contributed by atoms with E-state index in [0.717, 1.165) is 19.3 Å². The van der Waals surface area contributed by atoms with E-state index in [-0.39, 0.29) is 0 Å². The summed E-state index contributed by atoms with van der Waals surface area (Å²) < 4.78 is 0. The molecule has 0 aliphatic heterocycles. The molecule has 0 atom stereocenters. The maximum atomic E-state index is 10.9. The number of aryl methyl sites for hydroxylation is 1. The zero-order valence-corrected chi connectivity index (χ0v) is 8.19. The van der Waals surface area contributed by atoms with Crippen LogP contribution in [-0.4, -0.2) is 5.78 Å². The molecule has 1 heterocycles. The topological polar surface area (TPSA) is 17.1 Å². The van der Waals surface area contributed by atoms with Crippen molar-refractivity contribution in [3.8, 4) is 0 Å². The maximum Gasteiger partial charge on any atom is 0.132 e. The van der Waals surface area contributed by atoms with Crippen LogP contribution in [0.4, 0.5) is 0 Å². The maximum absolute atomic E-state index is 10.9. The summed E-state index contributed by atoms with van der Waals surface area (Å²) in [5.41, 5.74) is 1.36. The van der Waals surface area contributed by atoms with E-state index in [0.29, 0.717) is 12.2 Å². The predicted octanol–water partition coefficient (Wildman–Crippen LogP) is 3.05. The largest absolute Gasteiger partial charge is 0.300 e. The van der Waals surface area contributed by atoms with Gasteiger partial charge in [-0.05, 0) is 35.2 Å². The van der Waals surface area contributed by atoms with E-state index in [4.69, 9.17) is 0 Å². The second kappa shape index (κ2) is 5.09. The molecule has 66 valence electrons. The van der Waals surface area contributed by atoms with Crippen molar-refractivity contribution in [2.45, 2.75) is 32.6 Å². The first kappa shape index (κ1) is 9.46. The lowest BCUT2D eigenvalue weighted by Gasteiger charge is -1.96. The van der Waals surface area contributed by atoms with Crippen LogP contribution in [0.3, 0.4) is 0 Å². The fraction of sp³-hybridized carbons (Fsp3) is 0.500. The van der Waals surface area contributed by atoms with E-state index in [2.05, 4.69) is 16.8 Å². The molecule has 1 aromatic rings. The summed E-state index contributed by atoms with van der Waals surface area (Å²) in [6.07, 6.45) is 3.48. The molecule has 0 bridgehead atoms. The quantitative estimate of drug-likeness (QED) is 0.684. The fourth-order valence-corrected chi connectivity index (χ4v) is 1.80. The van der Waals surface area contributed by atoms with Crippen molar-refractivity contribution in [2.24, 2.45) is 0 Å². The molecule has 1 aromatic heterocycles. The second-order valence-electron chi connectivity index (χ2n) is 2.88. The normalized spacial score (nSPS) is 10.1. The number of carbonyl (C=O) groups is 1. The van der Waals surface area contributed by atoms with Crippen molar-refractivity contribution >= 4 is 17.1 Å². The highest BCUT2D eigenvalue weighted by molar-refractivity contribution is 7.07. The Labute approximate surface area is 77.4 Å². The standard InChI is InChI=1S/C10H14OS/c1-2-10(11)5-3-4-9-6-7-12-8-9/h6-8H,2-5H2,1H3. The average molecular weight is 182 g/mol. The predicted molar refractivity (Wildman–Crippen MR) is 52.6 cm³/mol. The van der Waals surface area contributed by atoms with Crippen LogP contribution in [0, 0.1) is 0 Å². The molecule has 1 rings (SSSR count). The molecule has 0 saturated carbocycles. The Hall–Kier alpha value is -0.630. The zero-order valence-electron chi connectivity index (χ0n) is 7.38. The first-order valence-electron chi connectivity index (χ1n) is 4.35. The van der Waals surface area contributed by atoms with Crippen LogP contribution >= 0.6 is 11.3 Å². The van der Waals surface area contributed by atoms with Gasteiger partial charge in [-0.2, -0.15) is 11.3 Å². The average Bonchev–Trinajstić information content (AvgIpc) is 2.57. The van der Waals surface area contributed by atoms with Crippen LogP contribution in [0.5, 0.6) is 0 Å². The molecule has 12 heavy (non-hydrogen) atoms. The summed E-state index contributed by atoms with van der Waals surface area (Å²) in [6, 6.07) is 2.13. The Morgan fingerprint density at radius 3 is 3.00 bits per heavy atom. The fourth-order valence-electron chi connectivity index (χ4n) is 1.10. The van der Waals surface area contributed by atoms with Crippen molar-refractivity contribution in [2.75, 3.05) is 0 Å². The number of rotatable bonds is 5. The number of hydrogen-bond donors (Lipinski definition) is 0. The van der Waals surface area contributed by atoms with Crippen molar-refractivity contribution in [3.05, 3.63) is 22.4 Å². The first-order chi connectivity index (χ1) is 5.83. The molecular weight excluding hydrogens is 168 g/mol. The Balaban J connectivity index is 2.15. The monoisotopic (exact) mass is 182 g/mol. The van der Waals surface area contributed by atoms with Crippen molar-refractivity contribution in [3.63, 3.8) is 0 Å². The van der Waals surface area contributed by atoms with Gasteiger partial charge in [0.05, 0.1) is 0 Å². The van der Waals surface area contributed by atoms with Crippen LogP contribution in [0.1, 0.15) is 31.7 Å². The Morgan fingerprint density at radius 2 is 2.42 bits per heavy atom. The lowest BCUT2D eigenvalue weighted by molar-refractivity contribution is -0.118. The molecule has 1 nitrogen and oxygen atoms in total. The summed E-state index contributed by atoms with van der Waals surface area (Å²) in [5.74, 6) is 0.380. The Morgan fingerprint density at radius 1 is 1.58 bits per heavy atom. The highest BCUT2D eigenvalue weighted by Gasteiger charge is 1.98. The minimum Gasteiger partial charge on any atom is -0.300 e. The summed E-state index contributed by atoms with van der Waals surface area (Å²) in [5, 5.41) is 4.23. The van der Waals surface area contributed by atoms with Gasteiger partial charge in [0, 0.05) is 12.8 Å². The van der Waals surface area contributed by atoms with E-state index in [1.165, 1.54) is 5.56 Å². The lowest BCUT2D eigenvalue weighted by atomic mass is 10.1. The van der Waals surface area contributed by atoms with E-state index in [1.54, 1.807) is 11.3 Å². The van der Waals surface area contributed by atoms with Gasteiger partial charge in [-0.25, -0.2) is 0 Å². The zero-order chi connectivity index (χ0) is 8.81. The van der Waals surface area contributed by atoms with Gasteiger partial charge in [-0.1, -0.05) is 6.92 Å². The Kier molecular flexibility index (Phi) is 4.01. The van der Waals surface area contributed by atoms with Crippen molar-refractivity contribution in [1.29, 1.82) is 0 Å². The van der Waals surface area contributed by atoms with E-state index in [9.17, 15) is 4.79 Å². The number of Topliss-reactive ketones (excluding diaryl/α,β-unsaturated/α-hetero) is 1. The van der Waals surface area contributed by atoms with Gasteiger partial charge in [-0.3, -0.25) is 4.79 Å². The molecule has 0 aliphatic rings. The number of carbonyl (C=O) groups excluding carboxylic acids is 1. The van der Waals surface area contributed by atoms with Gasteiger partial charge < -0.3 is 0 Å². The molecule has 0 spiro atoms. The summed E-state index contributed by atoms with van der Waals surface area (Å²) in [7, 11) is 0. The number of thiophene rings is 1. The molecule has 0 aromatic carbocycles. The Bertz CT molecular complexity index is 226. The highest BCUT2D eigenvalue weighted by Crippen LogP contribution is 2.09. The van der Waals surface area contributed by atoms with Gasteiger partial charge in [-0.15, -0.1) is 0 Å². The molecule has 0 aliphatic carbocycles. The summed E-state index contributed by atoms with van der Waals surface area (Å²) >= 11 is 1.72. The van der Waals surface area contributed by atoms with Gasteiger partial charge in [0.15, 0.2) is 0 Å². The van der Waals surface area contributed by atoms with E-state index < -0.39 is 0 Å².